The number of ether oxygens (including phenoxy) is 4. The fourth-order valence-electron chi connectivity index (χ4n) is 2.65. The third-order valence-electron chi connectivity index (χ3n) is 4.47. The van der Waals surface area contributed by atoms with Crippen molar-refractivity contribution in [3.8, 4) is 0 Å². The van der Waals surface area contributed by atoms with Gasteiger partial charge in [-0.1, -0.05) is 44.9 Å². The molecule has 0 spiro atoms. The molecule has 0 aromatic carbocycles. The molecule has 0 aliphatic carbocycles. The number of unbranched alkanes of at least 4 members (excludes halogenated alkanes) is 8. The Morgan fingerprint density at radius 1 is 0.464 bits per heavy atom. The molecule has 0 radical (unpaired) electrons. The van der Waals surface area contributed by atoms with Crippen LogP contribution in [-0.4, -0.2) is 90.8 Å². The van der Waals surface area contributed by atoms with Gasteiger partial charge in [-0.05, 0) is 18.6 Å². The topological polar surface area (TPSA) is 36.9 Å². The van der Waals surface area contributed by atoms with Gasteiger partial charge in [0.05, 0.1) is 67.4 Å². The molecule has 0 N–H and O–H groups in total. The highest BCUT2D eigenvalue weighted by molar-refractivity contribution is 7.80. The Kier molecular flexibility index (Phi) is 22.0. The lowest BCUT2D eigenvalue weighted by Crippen LogP contribution is -2.37. The normalized spacial score (nSPS) is 12.0. The molecular formula is C22H48NO4S+. The van der Waals surface area contributed by atoms with Crippen molar-refractivity contribution in [3.63, 3.8) is 0 Å². The van der Waals surface area contributed by atoms with Gasteiger partial charge in [0.1, 0.15) is 6.54 Å². The summed E-state index contributed by atoms with van der Waals surface area (Å²) in [6, 6.07) is 0. The summed E-state index contributed by atoms with van der Waals surface area (Å²) < 4.78 is 23.1. The molecule has 0 fully saturated rings. The predicted molar refractivity (Wildman–Crippen MR) is 122 cm³/mol. The number of quaternary nitrogens is 1. The summed E-state index contributed by atoms with van der Waals surface area (Å²) in [4.78, 5) is 0. The first-order valence-electron chi connectivity index (χ1n) is 11.3. The van der Waals surface area contributed by atoms with E-state index in [9.17, 15) is 0 Å². The molecule has 0 aromatic heterocycles. The maximum absolute atomic E-state index is 5.61. The summed E-state index contributed by atoms with van der Waals surface area (Å²) in [5, 5.41) is 0. The van der Waals surface area contributed by atoms with Crippen LogP contribution in [0.4, 0.5) is 0 Å². The Hall–Kier alpha value is 0.150. The van der Waals surface area contributed by atoms with Gasteiger partial charge in [-0.25, -0.2) is 0 Å². The number of thiol groups is 1. The van der Waals surface area contributed by atoms with Gasteiger partial charge in [-0.2, -0.15) is 12.6 Å². The van der Waals surface area contributed by atoms with E-state index in [0.717, 1.165) is 36.4 Å². The standard InChI is InChI=1S/C22H47NO4S/c1-23(2,3)13-15-25-17-19-27-21-20-26-18-16-24-14-11-9-7-5-4-6-8-10-12-22-28/h4-22H2,1-3H3/p+1. The van der Waals surface area contributed by atoms with E-state index in [4.69, 9.17) is 18.9 Å². The fourth-order valence-corrected chi connectivity index (χ4v) is 2.88. The second-order valence-electron chi connectivity index (χ2n) is 8.37. The van der Waals surface area contributed by atoms with Crippen molar-refractivity contribution >= 4 is 12.6 Å². The third kappa shape index (κ3) is 26.1. The van der Waals surface area contributed by atoms with Gasteiger partial charge < -0.3 is 23.4 Å². The van der Waals surface area contributed by atoms with Gasteiger partial charge in [-0.3, -0.25) is 0 Å². The molecule has 0 rings (SSSR count). The number of hydrogen-bond acceptors (Lipinski definition) is 5. The first kappa shape index (κ1) is 28.1. The van der Waals surface area contributed by atoms with Crippen LogP contribution in [0.5, 0.6) is 0 Å². The number of rotatable bonds is 23. The van der Waals surface area contributed by atoms with Gasteiger partial charge in [0.2, 0.25) is 0 Å². The van der Waals surface area contributed by atoms with Crippen molar-refractivity contribution in [1.82, 2.24) is 0 Å². The molecule has 0 aliphatic heterocycles. The lowest BCUT2D eigenvalue weighted by molar-refractivity contribution is -0.870. The molecule has 28 heavy (non-hydrogen) atoms. The monoisotopic (exact) mass is 422 g/mol. The molecule has 0 atom stereocenters. The van der Waals surface area contributed by atoms with Crippen LogP contribution in [0.15, 0.2) is 0 Å². The first-order chi connectivity index (χ1) is 13.6. The number of likely N-dealkylation sites (N-methyl/N-ethyl adjacent to an activating group) is 1. The highest BCUT2D eigenvalue weighted by atomic mass is 32.1. The molecule has 0 aromatic rings. The van der Waals surface area contributed by atoms with Crippen LogP contribution in [0.25, 0.3) is 0 Å². The highest BCUT2D eigenvalue weighted by Crippen LogP contribution is 2.10. The Morgan fingerprint density at radius 2 is 0.821 bits per heavy atom. The molecule has 0 heterocycles. The largest absolute Gasteiger partial charge is 0.379 e. The molecule has 170 valence electrons. The van der Waals surface area contributed by atoms with E-state index in [1.807, 2.05) is 0 Å². The van der Waals surface area contributed by atoms with E-state index >= 15 is 0 Å². The maximum atomic E-state index is 5.61. The van der Waals surface area contributed by atoms with Crippen molar-refractivity contribution in [3.05, 3.63) is 0 Å². The zero-order valence-corrected chi connectivity index (χ0v) is 19.9. The van der Waals surface area contributed by atoms with Crippen LogP contribution in [0.3, 0.4) is 0 Å². The summed E-state index contributed by atoms with van der Waals surface area (Å²) in [5.41, 5.74) is 0. The molecule has 0 unspecified atom stereocenters. The smallest absolute Gasteiger partial charge is 0.102 e. The zero-order chi connectivity index (χ0) is 20.8. The number of hydrogen-bond donors (Lipinski definition) is 1. The van der Waals surface area contributed by atoms with Gasteiger partial charge in [0.25, 0.3) is 0 Å². The Bertz CT molecular complexity index is 301. The average Bonchev–Trinajstić information content (AvgIpc) is 2.65. The summed E-state index contributed by atoms with van der Waals surface area (Å²) in [6.07, 6.45) is 11.9. The van der Waals surface area contributed by atoms with E-state index in [1.54, 1.807) is 0 Å². The summed E-state index contributed by atoms with van der Waals surface area (Å²) in [5.74, 6) is 1.03. The minimum atomic E-state index is 0.618. The average molecular weight is 423 g/mol. The van der Waals surface area contributed by atoms with Crippen LogP contribution < -0.4 is 0 Å². The fraction of sp³-hybridized carbons (Fsp3) is 1.00. The van der Waals surface area contributed by atoms with E-state index in [2.05, 4.69) is 33.8 Å². The SMILES string of the molecule is C[N+](C)(C)CCOCCOCCOCCOCCCCCCCCCCCS. The molecular weight excluding hydrogens is 374 g/mol. The second-order valence-corrected chi connectivity index (χ2v) is 8.82. The van der Waals surface area contributed by atoms with Crippen LogP contribution in [0.2, 0.25) is 0 Å². The van der Waals surface area contributed by atoms with E-state index in [1.165, 1.54) is 51.4 Å². The molecule has 5 nitrogen and oxygen atoms in total. The van der Waals surface area contributed by atoms with Crippen LogP contribution in [0, 0.1) is 0 Å². The summed E-state index contributed by atoms with van der Waals surface area (Å²) >= 11 is 4.24. The summed E-state index contributed by atoms with van der Waals surface area (Å²) in [6.45, 7) is 6.49. The summed E-state index contributed by atoms with van der Waals surface area (Å²) in [7, 11) is 6.49. The zero-order valence-electron chi connectivity index (χ0n) is 19.0. The van der Waals surface area contributed by atoms with Crippen molar-refractivity contribution in [2.75, 3.05) is 86.3 Å². The maximum Gasteiger partial charge on any atom is 0.102 e. The van der Waals surface area contributed by atoms with Crippen LogP contribution in [-0.2, 0) is 18.9 Å². The lowest BCUT2D eigenvalue weighted by Gasteiger charge is -2.23. The molecule has 0 saturated heterocycles. The minimum absolute atomic E-state index is 0.618. The van der Waals surface area contributed by atoms with Crippen molar-refractivity contribution in [1.29, 1.82) is 0 Å². The van der Waals surface area contributed by atoms with Crippen LogP contribution >= 0.6 is 12.6 Å². The molecule has 0 amide bonds. The molecule has 0 bridgehead atoms. The van der Waals surface area contributed by atoms with Crippen molar-refractivity contribution in [2.45, 2.75) is 57.8 Å². The Labute approximate surface area is 180 Å². The Morgan fingerprint density at radius 3 is 1.25 bits per heavy atom. The predicted octanol–water partition coefficient (Wildman–Crippen LogP) is 4.20. The van der Waals surface area contributed by atoms with E-state index in [-0.39, 0.29) is 0 Å². The van der Waals surface area contributed by atoms with Crippen LogP contribution in [0.1, 0.15) is 57.8 Å². The Balaban J connectivity index is 3.01. The van der Waals surface area contributed by atoms with Crippen molar-refractivity contribution < 1.29 is 23.4 Å². The van der Waals surface area contributed by atoms with Gasteiger partial charge in [-0.15, -0.1) is 0 Å². The van der Waals surface area contributed by atoms with Gasteiger partial charge in [0, 0.05) is 6.61 Å². The minimum Gasteiger partial charge on any atom is -0.379 e. The highest BCUT2D eigenvalue weighted by Gasteiger charge is 2.05. The first-order valence-corrected chi connectivity index (χ1v) is 11.9. The third-order valence-corrected chi connectivity index (χ3v) is 4.79. The number of nitrogens with zero attached hydrogens (tertiary/aromatic N) is 1. The quantitative estimate of drug-likeness (QED) is 0.152. The molecule has 0 saturated carbocycles. The van der Waals surface area contributed by atoms with E-state index < -0.39 is 0 Å². The molecule has 6 heteroatoms. The van der Waals surface area contributed by atoms with Gasteiger partial charge >= 0.3 is 0 Å². The van der Waals surface area contributed by atoms with E-state index in [0.29, 0.717) is 39.6 Å². The van der Waals surface area contributed by atoms with Gasteiger partial charge in [0.15, 0.2) is 0 Å². The molecule has 0 aliphatic rings. The second kappa shape index (κ2) is 21.8. The lowest BCUT2D eigenvalue weighted by atomic mass is 10.1. The van der Waals surface area contributed by atoms with Crippen molar-refractivity contribution in [2.24, 2.45) is 0 Å².